The minimum atomic E-state index is 0.419. The van der Waals surface area contributed by atoms with Crippen LogP contribution < -0.4 is 9.47 Å². The Morgan fingerprint density at radius 1 is 1.22 bits per heavy atom. The molecule has 2 aromatic rings. The molecule has 4 nitrogen and oxygen atoms in total. The second kappa shape index (κ2) is 5.87. The Hall–Kier alpha value is -1.55. The van der Waals surface area contributed by atoms with Gasteiger partial charge in [-0.1, -0.05) is 24.9 Å². The molecule has 0 bridgehead atoms. The Labute approximate surface area is 111 Å². The molecule has 0 radical (unpaired) electrons. The first-order valence-corrected chi connectivity index (χ1v) is 6.25. The molecule has 0 N–H and O–H groups in total. The second-order valence-corrected chi connectivity index (χ2v) is 4.24. The molecule has 0 spiro atoms. The van der Waals surface area contributed by atoms with Crippen LogP contribution in [0.3, 0.4) is 0 Å². The van der Waals surface area contributed by atoms with Gasteiger partial charge in [-0.3, -0.25) is 0 Å². The van der Waals surface area contributed by atoms with Gasteiger partial charge in [0.25, 0.3) is 0 Å². The van der Waals surface area contributed by atoms with Crippen LogP contribution in [0.4, 0.5) is 0 Å². The van der Waals surface area contributed by atoms with E-state index in [2.05, 4.69) is 16.9 Å². The zero-order valence-electron chi connectivity index (χ0n) is 10.4. The highest BCUT2D eigenvalue weighted by Crippen LogP contribution is 2.33. The van der Waals surface area contributed by atoms with Crippen LogP contribution in [0.1, 0.15) is 19.8 Å². The lowest BCUT2D eigenvalue weighted by Gasteiger charge is -2.11. The molecule has 1 aromatic carbocycles. The van der Waals surface area contributed by atoms with Gasteiger partial charge >= 0.3 is 0 Å². The van der Waals surface area contributed by atoms with E-state index < -0.39 is 0 Å². The van der Waals surface area contributed by atoms with Crippen LogP contribution in [0.25, 0.3) is 10.9 Å². The summed E-state index contributed by atoms with van der Waals surface area (Å²) in [6.45, 7) is 2.77. The molecule has 1 aromatic heterocycles. The van der Waals surface area contributed by atoms with E-state index in [0.717, 1.165) is 23.7 Å². The quantitative estimate of drug-likeness (QED) is 0.614. The van der Waals surface area contributed by atoms with Crippen molar-refractivity contribution in [3.63, 3.8) is 0 Å². The van der Waals surface area contributed by atoms with Crippen molar-refractivity contribution < 1.29 is 9.47 Å². The Morgan fingerprint density at radius 2 is 2.06 bits per heavy atom. The van der Waals surface area contributed by atoms with E-state index in [1.807, 2.05) is 12.1 Å². The van der Waals surface area contributed by atoms with Crippen LogP contribution in [0.5, 0.6) is 11.5 Å². The van der Waals surface area contributed by atoms with Crippen molar-refractivity contribution in [3.8, 4) is 11.5 Å². The molecule has 0 saturated carbocycles. The lowest BCUT2D eigenvalue weighted by molar-refractivity contribution is 0.289. The maximum absolute atomic E-state index is 6.04. The molecule has 96 valence electrons. The average Bonchev–Trinajstić information content (AvgIpc) is 2.39. The number of nitrogens with zero attached hydrogens (tertiary/aromatic N) is 2. The number of halogens is 1. The van der Waals surface area contributed by atoms with E-state index in [1.165, 1.54) is 6.33 Å². The number of hydrogen-bond donors (Lipinski definition) is 0. The van der Waals surface area contributed by atoms with Gasteiger partial charge in [-0.25, -0.2) is 9.97 Å². The molecule has 0 aliphatic carbocycles. The van der Waals surface area contributed by atoms with Gasteiger partial charge in [-0.2, -0.15) is 0 Å². The maximum atomic E-state index is 6.04. The highest BCUT2D eigenvalue weighted by atomic mass is 35.5. The van der Waals surface area contributed by atoms with E-state index in [1.54, 1.807) is 7.11 Å². The lowest BCUT2D eigenvalue weighted by Crippen LogP contribution is -1.99. The zero-order chi connectivity index (χ0) is 13.0. The van der Waals surface area contributed by atoms with Crippen molar-refractivity contribution in [1.82, 2.24) is 9.97 Å². The Kier molecular flexibility index (Phi) is 4.20. The number of methoxy groups -OCH3 is 1. The van der Waals surface area contributed by atoms with E-state index in [0.29, 0.717) is 23.3 Å². The summed E-state index contributed by atoms with van der Waals surface area (Å²) < 4.78 is 11.0. The van der Waals surface area contributed by atoms with E-state index in [-0.39, 0.29) is 0 Å². The summed E-state index contributed by atoms with van der Waals surface area (Å²) in [5, 5.41) is 1.19. The van der Waals surface area contributed by atoms with Gasteiger partial charge in [0.05, 0.1) is 19.2 Å². The van der Waals surface area contributed by atoms with Gasteiger partial charge < -0.3 is 9.47 Å². The summed E-state index contributed by atoms with van der Waals surface area (Å²) in [6, 6.07) is 3.64. The fourth-order valence-electron chi connectivity index (χ4n) is 1.63. The minimum Gasteiger partial charge on any atom is -0.493 e. The van der Waals surface area contributed by atoms with Crippen molar-refractivity contribution in [2.45, 2.75) is 19.8 Å². The predicted molar refractivity (Wildman–Crippen MR) is 71.5 cm³/mol. The van der Waals surface area contributed by atoms with Crippen molar-refractivity contribution in [1.29, 1.82) is 0 Å². The molecule has 0 atom stereocenters. The topological polar surface area (TPSA) is 44.2 Å². The molecule has 0 aliphatic heterocycles. The van der Waals surface area contributed by atoms with Crippen LogP contribution in [0.2, 0.25) is 5.15 Å². The maximum Gasteiger partial charge on any atom is 0.162 e. The molecule has 0 aliphatic rings. The third kappa shape index (κ3) is 2.64. The van der Waals surface area contributed by atoms with E-state index >= 15 is 0 Å². The summed E-state index contributed by atoms with van der Waals surface area (Å²) in [4.78, 5) is 8.12. The van der Waals surface area contributed by atoms with Gasteiger partial charge in [-0.05, 0) is 12.5 Å². The monoisotopic (exact) mass is 266 g/mol. The number of unbranched alkanes of at least 4 members (excludes halogenated alkanes) is 1. The number of fused-ring (bicyclic) bond motifs is 1. The van der Waals surface area contributed by atoms with Crippen molar-refractivity contribution in [2.75, 3.05) is 13.7 Å². The van der Waals surface area contributed by atoms with Crippen LogP contribution in [0, 0.1) is 0 Å². The number of benzene rings is 1. The summed E-state index contributed by atoms with van der Waals surface area (Å²) >= 11 is 6.04. The SMILES string of the molecule is CCCCOc1cc2c(Cl)ncnc2cc1OC. The normalized spacial score (nSPS) is 10.6. The van der Waals surface area contributed by atoms with Gasteiger partial charge in [0.1, 0.15) is 11.5 Å². The molecule has 18 heavy (non-hydrogen) atoms. The van der Waals surface area contributed by atoms with Crippen molar-refractivity contribution >= 4 is 22.5 Å². The molecule has 0 amide bonds. The third-order valence-corrected chi connectivity index (χ3v) is 2.93. The van der Waals surface area contributed by atoms with Crippen LogP contribution in [-0.2, 0) is 0 Å². The van der Waals surface area contributed by atoms with Crippen LogP contribution in [-0.4, -0.2) is 23.7 Å². The van der Waals surface area contributed by atoms with E-state index in [4.69, 9.17) is 21.1 Å². The van der Waals surface area contributed by atoms with Gasteiger partial charge in [0.2, 0.25) is 0 Å². The summed E-state index contributed by atoms with van der Waals surface area (Å²) in [5.74, 6) is 1.34. The zero-order valence-corrected chi connectivity index (χ0v) is 11.2. The predicted octanol–water partition coefficient (Wildman–Crippen LogP) is 3.47. The smallest absolute Gasteiger partial charge is 0.162 e. The standard InChI is InChI=1S/C13H15ClN2O2/c1-3-4-5-18-12-6-9-10(7-11(12)17-2)15-8-16-13(9)14/h6-8H,3-5H2,1-2H3. The Morgan fingerprint density at radius 3 is 2.78 bits per heavy atom. The fraction of sp³-hybridized carbons (Fsp3) is 0.385. The molecular weight excluding hydrogens is 252 g/mol. The fourth-order valence-corrected chi connectivity index (χ4v) is 1.83. The van der Waals surface area contributed by atoms with Crippen LogP contribution >= 0.6 is 11.6 Å². The molecule has 0 saturated heterocycles. The first-order valence-electron chi connectivity index (χ1n) is 5.87. The van der Waals surface area contributed by atoms with Crippen molar-refractivity contribution in [3.05, 3.63) is 23.6 Å². The Bertz CT molecular complexity index is 546. The Balaban J connectivity index is 2.40. The highest BCUT2D eigenvalue weighted by molar-refractivity contribution is 6.34. The van der Waals surface area contributed by atoms with Crippen LogP contribution in [0.15, 0.2) is 18.5 Å². The first kappa shape index (κ1) is 12.9. The number of hydrogen-bond acceptors (Lipinski definition) is 4. The third-order valence-electron chi connectivity index (χ3n) is 2.63. The van der Waals surface area contributed by atoms with Gasteiger partial charge in [-0.15, -0.1) is 0 Å². The van der Waals surface area contributed by atoms with E-state index in [9.17, 15) is 0 Å². The minimum absolute atomic E-state index is 0.419. The number of ether oxygens (including phenoxy) is 2. The summed E-state index contributed by atoms with van der Waals surface area (Å²) in [7, 11) is 1.61. The molecule has 1 heterocycles. The first-order chi connectivity index (χ1) is 8.76. The summed E-state index contributed by atoms with van der Waals surface area (Å²) in [6.07, 6.45) is 3.52. The lowest BCUT2D eigenvalue weighted by atomic mass is 10.2. The molecule has 0 fully saturated rings. The highest BCUT2D eigenvalue weighted by Gasteiger charge is 2.10. The number of rotatable bonds is 5. The summed E-state index contributed by atoms with van der Waals surface area (Å²) in [5.41, 5.74) is 0.745. The second-order valence-electron chi connectivity index (χ2n) is 3.89. The molecular formula is C13H15ClN2O2. The van der Waals surface area contributed by atoms with Gasteiger partial charge in [0, 0.05) is 11.5 Å². The largest absolute Gasteiger partial charge is 0.493 e. The molecule has 5 heteroatoms. The molecule has 0 unspecified atom stereocenters. The van der Waals surface area contributed by atoms with Gasteiger partial charge in [0.15, 0.2) is 11.5 Å². The number of aromatic nitrogens is 2. The van der Waals surface area contributed by atoms with Crippen molar-refractivity contribution in [2.24, 2.45) is 0 Å². The average molecular weight is 267 g/mol. The molecule has 2 rings (SSSR count).